The third-order valence-electron chi connectivity index (χ3n) is 3.23. The second kappa shape index (κ2) is 5.71. The van der Waals surface area contributed by atoms with Crippen molar-refractivity contribution in [1.82, 2.24) is 5.32 Å². The van der Waals surface area contributed by atoms with Crippen molar-refractivity contribution in [2.45, 2.75) is 27.7 Å². The van der Waals surface area contributed by atoms with Gasteiger partial charge in [-0.1, -0.05) is 26.8 Å². The molecule has 0 fully saturated rings. The number of rotatable bonds is 4. The number of carbonyl (C=O) groups is 1. The first-order chi connectivity index (χ1) is 7.91. The number of hydrogen-bond acceptors (Lipinski definition) is 2. The smallest absolute Gasteiger partial charge is 0.251 e. The van der Waals surface area contributed by atoms with Crippen molar-refractivity contribution in [3.05, 3.63) is 29.3 Å². The summed E-state index contributed by atoms with van der Waals surface area (Å²) >= 11 is 0. The van der Waals surface area contributed by atoms with E-state index in [1.807, 2.05) is 19.1 Å². The number of anilines is 1. The van der Waals surface area contributed by atoms with Crippen LogP contribution in [0.5, 0.6) is 0 Å². The highest BCUT2D eigenvalue weighted by atomic mass is 16.1. The van der Waals surface area contributed by atoms with Gasteiger partial charge in [0.05, 0.1) is 0 Å². The Hall–Kier alpha value is -1.51. The van der Waals surface area contributed by atoms with Crippen LogP contribution in [0.1, 0.15) is 36.7 Å². The number of benzene rings is 1. The fourth-order valence-electron chi connectivity index (χ4n) is 1.47. The lowest BCUT2D eigenvalue weighted by atomic mass is 9.98. The summed E-state index contributed by atoms with van der Waals surface area (Å²) in [5.74, 6) is 1.000. The summed E-state index contributed by atoms with van der Waals surface area (Å²) in [6.07, 6.45) is 0. The monoisotopic (exact) mass is 234 g/mol. The Morgan fingerprint density at radius 2 is 2.00 bits per heavy atom. The maximum Gasteiger partial charge on any atom is 0.251 e. The molecular weight excluding hydrogens is 212 g/mol. The number of nitrogen functional groups attached to an aromatic ring is 1. The van der Waals surface area contributed by atoms with Gasteiger partial charge in [0.15, 0.2) is 0 Å². The third kappa shape index (κ3) is 3.77. The molecule has 0 spiro atoms. The minimum absolute atomic E-state index is 0.0395. The number of nitrogens with two attached hydrogens (primary N) is 1. The number of amides is 1. The third-order valence-corrected chi connectivity index (χ3v) is 3.23. The van der Waals surface area contributed by atoms with Crippen molar-refractivity contribution >= 4 is 11.6 Å². The van der Waals surface area contributed by atoms with E-state index in [-0.39, 0.29) is 5.91 Å². The van der Waals surface area contributed by atoms with E-state index in [0.717, 1.165) is 5.56 Å². The number of hydrogen-bond donors (Lipinski definition) is 2. The Morgan fingerprint density at radius 1 is 1.35 bits per heavy atom. The molecule has 0 saturated heterocycles. The molecule has 0 bridgehead atoms. The van der Waals surface area contributed by atoms with Crippen LogP contribution in [0.25, 0.3) is 0 Å². The zero-order valence-electron chi connectivity index (χ0n) is 11.1. The van der Waals surface area contributed by atoms with Crippen LogP contribution in [-0.4, -0.2) is 12.5 Å². The Morgan fingerprint density at radius 3 is 2.59 bits per heavy atom. The molecule has 1 amide bonds. The number of nitrogens with one attached hydrogen (secondary N) is 1. The van der Waals surface area contributed by atoms with E-state index in [1.54, 1.807) is 6.07 Å². The van der Waals surface area contributed by atoms with Gasteiger partial charge in [-0.15, -0.1) is 0 Å². The largest absolute Gasteiger partial charge is 0.399 e. The molecule has 94 valence electrons. The van der Waals surface area contributed by atoms with Crippen molar-refractivity contribution in [3.63, 3.8) is 0 Å². The van der Waals surface area contributed by atoms with E-state index >= 15 is 0 Å². The van der Waals surface area contributed by atoms with E-state index < -0.39 is 0 Å². The van der Waals surface area contributed by atoms with Gasteiger partial charge in [-0.25, -0.2) is 0 Å². The molecule has 0 radical (unpaired) electrons. The second-order valence-electron chi connectivity index (χ2n) is 5.01. The van der Waals surface area contributed by atoms with Gasteiger partial charge in [0.2, 0.25) is 0 Å². The molecule has 0 heterocycles. The summed E-state index contributed by atoms with van der Waals surface area (Å²) in [6.45, 7) is 9.06. The van der Waals surface area contributed by atoms with Gasteiger partial charge in [0.1, 0.15) is 0 Å². The average molecular weight is 234 g/mol. The maximum atomic E-state index is 12.0. The molecule has 0 aliphatic carbocycles. The van der Waals surface area contributed by atoms with Crippen molar-refractivity contribution in [2.75, 3.05) is 12.3 Å². The Bertz CT molecular complexity index is 399. The summed E-state index contributed by atoms with van der Waals surface area (Å²) in [6, 6.07) is 5.41. The summed E-state index contributed by atoms with van der Waals surface area (Å²) in [5.41, 5.74) is 7.93. The SMILES string of the molecule is Cc1ccc(N)cc1C(=O)NCC(C)C(C)C. The molecule has 0 aliphatic rings. The number of carbonyl (C=O) groups excluding carboxylic acids is 1. The Kier molecular flexibility index (Phi) is 4.55. The lowest BCUT2D eigenvalue weighted by molar-refractivity contribution is 0.0944. The van der Waals surface area contributed by atoms with Gasteiger partial charge in [-0.3, -0.25) is 4.79 Å². The minimum Gasteiger partial charge on any atom is -0.399 e. The standard InChI is InChI=1S/C14H22N2O/c1-9(2)11(4)8-16-14(17)13-7-12(15)6-5-10(13)3/h5-7,9,11H,8,15H2,1-4H3,(H,16,17). The van der Waals surface area contributed by atoms with Gasteiger partial charge < -0.3 is 11.1 Å². The second-order valence-corrected chi connectivity index (χ2v) is 5.01. The molecule has 1 rings (SSSR count). The van der Waals surface area contributed by atoms with Crippen molar-refractivity contribution in [3.8, 4) is 0 Å². The van der Waals surface area contributed by atoms with Crippen LogP contribution >= 0.6 is 0 Å². The molecule has 0 aromatic heterocycles. The highest BCUT2D eigenvalue weighted by molar-refractivity contribution is 5.96. The van der Waals surface area contributed by atoms with E-state index in [4.69, 9.17) is 5.73 Å². The topological polar surface area (TPSA) is 55.1 Å². The van der Waals surface area contributed by atoms with Crippen LogP contribution in [-0.2, 0) is 0 Å². The molecule has 17 heavy (non-hydrogen) atoms. The molecule has 1 unspecified atom stereocenters. The average Bonchev–Trinajstić information content (AvgIpc) is 2.28. The lowest BCUT2D eigenvalue weighted by Crippen LogP contribution is -2.30. The van der Waals surface area contributed by atoms with Crippen molar-refractivity contribution in [2.24, 2.45) is 11.8 Å². The van der Waals surface area contributed by atoms with Crippen molar-refractivity contribution < 1.29 is 4.79 Å². The molecular formula is C14H22N2O. The van der Waals surface area contributed by atoms with Crippen LogP contribution in [0, 0.1) is 18.8 Å². The van der Waals surface area contributed by atoms with Gasteiger partial charge in [0.25, 0.3) is 5.91 Å². The van der Waals surface area contributed by atoms with E-state index in [9.17, 15) is 4.79 Å². The molecule has 3 heteroatoms. The highest BCUT2D eigenvalue weighted by Crippen LogP contribution is 2.13. The molecule has 1 aromatic rings. The fraction of sp³-hybridized carbons (Fsp3) is 0.500. The van der Waals surface area contributed by atoms with E-state index in [0.29, 0.717) is 29.6 Å². The molecule has 1 atom stereocenters. The minimum atomic E-state index is -0.0395. The fourth-order valence-corrected chi connectivity index (χ4v) is 1.47. The zero-order valence-corrected chi connectivity index (χ0v) is 11.1. The predicted molar refractivity (Wildman–Crippen MR) is 71.9 cm³/mol. The van der Waals surface area contributed by atoms with Crippen LogP contribution < -0.4 is 11.1 Å². The molecule has 0 aliphatic heterocycles. The van der Waals surface area contributed by atoms with Crippen LogP contribution in [0.2, 0.25) is 0 Å². The van der Waals surface area contributed by atoms with Crippen molar-refractivity contribution in [1.29, 1.82) is 0 Å². The van der Waals surface area contributed by atoms with Gasteiger partial charge in [-0.2, -0.15) is 0 Å². The first kappa shape index (κ1) is 13.6. The van der Waals surface area contributed by atoms with Crippen LogP contribution in [0.15, 0.2) is 18.2 Å². The maximum absolute atomic E-state index is 12.0. The van der Waals surface area contributed by atoms with E-state index in [1.165, 1.54) is 0 Å². The number of aryl methyl sites for hydroxylation is 1. The Balaban J connectivity index is 2.67. The lowest BCUT2D eigenvalue weighted by Gasteiger charge is -2.16. The van der Waals surface area contributed by atoms with Crippen LogP contribution in [0.4, 0.5) is 5.69 Å². The van der Waals surface area contributed by atoms with Crippen LogP contribution in [0.3, 0.4) is 0 Å². The molecule has 0 saturated carbocycles. The summed E-state index contributed by atoms with van der Waals surface area (Å²) in [5, 5.41) is 2.95. The Labute approximate surface area is 103 Å². The summed E-state index contributed by atoms with van der Waals surface area (Å²) in [7, 11) is 0. The summed E-state index contributed by atoms with van der Waals surface area (Å²) < 4.78 is 0. The first-order valence-corrected chi connectivity index (χ1v) is 6.06. The predicted octanol–water partition coefficient (Wildman–Crippen LogP) is 2.60. The highest BCUT2D eigenvalue weighted by Gasteiger charge is 2.12. The van der Waals surface area contributed by atoms with Gasteiger partial charge in [-0.05, 0) is 36.5 Å². The van der Waals surface area contributed by atoms with Gasteiger partial charge >= 0.3 is 0 Å². The quantitative estimate of drug-likeness (QED) is 0.787. The normalized spacial score (nSPS) is 12.5. The van der Waals surface area contributed by atoms with Gasteiger partial charge in [0, 0.05) is 17.8 Å². The van der Waals surface area contributed by atoms with E-state index in [2.05, 4.69) is 26.1 Å². The molecule has 3 N–H and O–H groups in total. The summed E-state index contributed by atoms with van der Waals surface area (Å²) in [4.78, 5) is 12.0. The first-order valence-electron chi connectivity index (χ1n) is 6.06. The zero-order chi connectivity index (χ0) is 13.0. The molecule has 3 nitrogen and oxygen atoms in total. The molecule has 1 aromatic carbocycles.